The summed E-state index contributed by atoms with van der Waals surface area (Å²) in [6, 6.07) is 20.1. The van der Waals surface area contributed by atoms with Crippen LogP contribution in [-0.2, 0) is 7.05 Å². The van der Waals surface area contributed by atoms with Gasteiger partial charge >= 0.3 is 0 Å². The summed E-state index contributed by atoms with van der Waals surface area (Å²) in [5.41, 5.74) is 9.12. The van der Waals surface area contributed by atoms with Crippen molar-refractivity contribution in [3.63, 3.8) is 0 Å². The zero-order chi connectivity index (χ0) is 13.2. The van der Waals surface area contributed by atoms with Crippen LogP contribution in [-0.4, -0.2) is 9.55 Å². The largest absolute Gasteiger partial charge is 0.383 e. The Labute approximate surface area is 112 Å². The number of hydrogen-bond donors (Lipinski definition) is 1. The van der Waals surface area contributed by atoms with Crippen molar-refractivity contribution in [1.29, 1.82) is 0 Å². The van der Waals surface area contributed by atoms with E-state index in [-0.39, 0.29) is 0 Å². The van der Waals surface area contributed by atoms with Crippen molar-refractivity contribution >= 4 is 5.82 Å². The summed E-state index contributed by atoms with van der Waals surface area (Å²) in [5.74, 6) is 1.57. The first-order valence-corrected chi connectivity index (χ1v) is 6.20. The SMILES string of the molecule is Cn1c(-c2ccccc2)nc(-c2ccccc2)c1N. The molecule has 0 atom stereocenters. The molecule has 3 nitrogen and oxygen atoms in total. The van der Waals surface area contributed by atoms with Gasteiger partial charge in [-0.15, -0.1) is 0 Å². The summed E-state index contributed by atoms with van der Waals surface area (Å²) in [6.07, 6.45) is 0. The van der Waals surface area contributed by atoms with Gasteiger partial charge in [0.2, 0.25) is 0 Å². The predicted molar refractivity (Wildman–Crippen MR) is 78.5 cm³/mol. The summed E-state index contributed by atoms with van der Waals surface area (Å²) in [7, 11) is 1.94. The molecule has 0 saturated carbocycles. The molecule has 0 unspecified atom stereocenters. The Bertz CT molecular complexity index is 625. The van der Waals surface area contributed by atoms with Gasteiger partial charge in [-0.2, -0.15) is 0 Å². The maximum absolute atomic E-state index is 6.17. The Morgan fingerprint density at radius 3 is 1.95 bits per heavy atom. The highest BCUT2D eigenvalue weighted by atomic mass is 15.1. The van der Waals surface area contributed by atoms with E-state index in [1.807, 2.05) is 72.3 Å². The molecule has 3 aromatic rings. The van der Waals surface area contributed by atoms with Crippen LogP contribution < -0.4 is 5.73 Å². The molecule has 3 heteroatoms. The van der Waals surface area contributed by atoms with Crippen molar-refractivity contribution in [3.05, 3.63) is 60.7 Å². The molecule has 1 heterocycles. The lowest BCUT2D eigenvalue weighted by atomic mass is 10.1. The maximum Gasteiger partial charge on any atom is 0.142 e. The molecule has 3 rings (SSSR count). The Hall–Kier alpha value is -2.55. The van der Waals surface area contributed by atoms with Crippen molar-refractivity contribution in [2.45, 2.75) is 0 Å². The van der Waals surface area contributed by atoms with Crippen molar-refractivity contribution in [1.82, 2.24) is 9.55 Å². The summed E-state index contributed by atoms with van der Waals surface area (Å²) in [6.45, 7) is 0. The highest BCUT2D eigenvalue weighted by Gasteiger charge is 2.14. The molecule has 0 amide bonds. The van der Waals surface area contributed by atoms with Crippen LogP contribution in [0.25, 0.3) is 22.6 Å². The van der Waals surface area contributed by atoms with Crippen molar-refractivity contribution < 1.29 is 0 Å². The number of nitrogens with two attached hydrogens (primary N) is 1. The van der Waals surface area contributed by atoms with Crippen molar-refractivity contribution in [2.75, 3.05) is 5.73 Å². The van der Waals surface area contributed by atoms with E-state index in [2.05, 4.69) is 4.98 Å². The van der Waals surface area contributed by atoms with Gasteiger partial charge in [0.05, 0.1) is 0 Å². The Balaban J connectivity index is 2.16. The number of benzene rings is 2. The molecule has 94 valence electrons. The van der Waals surface area contributed by atoms with Crippen LogP contribution in [0, 0.1) is 0 Å². The van der Waals surface area contributed by atoms with E-state index in [1.54, 1.807) is 0 Å². The molecular weight excluding hydrogens is 234 g/mol. The number of hydrogen-bond acceptors (Lipinski definition) is 2. The van der Waals surface area contributed by atoms with Crippen molar-refractivity contribution in [2.24, 2.45) is 7.05 Å². The highest BCUT2D eigenvalue weighted by molar-refractivity contribution is 5.75. The van der Waals surface area contributed by atoms with Gasteiger partial charge in [0.15, 0.2) is 0 Å². The minimum atomic E-state index is 0.685. The molecule has 2 aromatic carbocycles. The summed E-state index contributed by atoms with van der Waals surface area (Å²) >= 11 is 0. The number of anilines is 1. The third kappa shape index (κ3) is 1.99. The second kappa shape index (κ2) is 4.61. The number of nitrogen functional groups attached to an aromatic ring is 1. The number of nitrogens with zero attached hydrogens (tertiary/aromatic N) is 2. The van der Waals surface area contributed by atoms with Crippen LogP contribution in [0.2, 0.25) is 0 Å². The molecule has 0 radical (unpaired) electrons. The molecular formula is C16H15N3. The van der Waals surface area contributed by atoms with Gasteiger partial charge in [-0.25, -0.2) is 4.98 Å². The first-order chi connectivity index (χ1) is 9.27. The molecule has 0 aliphatic carbocycles. The maximum atomic E-state index is 6.17. The van der Waals surface area contributed by atoms with Crippen molar-refractivity contribution in [3.8, 4) is 22.6 Å². The first kappa shape index (κ1) is 11.5. The van der Waals surface area contributed by atoms with E-state index >= 15 is 0 Å². The first-order valence-electron chi connectivity index (χ1n) is 6.20. The van der Waals surface area contributed by atoms with E-state index in [1.165, 1.54) is 0 Å². The van der Waals surface area contributed by atoms with E-state index < -0.39 is 0 Å². The van der Waals surface area contributed by atoms with Crippen LogP contribution in [0.15, 0.2) is 60.7 Å². The van der Waals surface area contributed by atoms with Crippen LogP contribution in [0.4, 0.5) is 5.82 Å². The van der Waals surface area contributed by atoms with Gasteiger partial charge in [0.1, 0.15) is 17.3 Å². The minimum absolute atomic E-state index is 0.685. The van der Waals surface area contributed by atoms with E-state index in [0.717, 1.165) is 22.6 Å². The zero-order valence-electron chi connectivity index (χ0n) is 10.7. The second-order valence-electron chi connectivity index (χ2n) is 4.46. The molecule has 0 fully saturated rings. The number of rotatable bonds is 2. The molecule has 0 saturated heterocycles. The Morgan fingerprint density at radius 2 is 1.37 bits per heavy atom. The zero-order valence-corrected chi connectivity index (χ0v) is 10.7. The fourth-order valence-electron chi connectivity index (χ4n) is 2.16. The van der Waals surface area contributed by atoms with E-state index in [0.29, 0.717) is 5.82 Å². The number of aromatic nitrogens is 2. The average Bonchev–Trinajstić information content (AvgIpc) is 2.77. The monoisotopic (exact) mass is 249 g/mol. The Kier molecular flexibility index (Phi) is 2.80. The predicted octanol–water partition coefficient (Wildman–Crippen LogP) is 3.34. The second-order valence-corrected chi connectivity index (χ2v) is 4.46. The minimum Gasteiger partial charge on any atom is -0.383 e. The van der Waals surface area contributed by atoms with Crippen LogP contribution in [0.5, 0.6) is 0 Å². The quantitative estimate of drug-likeness (QED) is 0.757. The van der Waals surface area contributed by atoms with Crippen LogP contribution >= 0.6 is 0 Å². The Morgan fingerprint density at radius 1 is 0.842 bits per heavy atom. The van der Waals surface area contributed by atoms with Gasteiger partial charge in [-0.05, 0) is 0 Å². The standard InChI is InChI=1S/C16H15N3/c1-19-15(17)14(12-8-4-2-5-9-12)18-16(19)13-10-6-3-7-11-13/h2-11H,17H2,1H3. The van der Waals surface area contributed by atoms with Crippen LogP contribution in [0.1, 0.15) is 0 Å². The fraction of sp³-hybridized carbons (Fsp3) is 0.0625. The smallest absolute Gasteiger partial charge is 0.142 e. The van der Waals surface area contributed by atoms with E-state index in [4.69, 9.17) is 5.73 Å². The topological polar surface area (TPSA) is 43.8 Å². The summed E-state index contributed by atoms with van der Waals surface area (Å²) in [4.78, 5) is 4.69. The normalized spacial score (nSPS) is 10.6. The molecule has 2 N–H and O–H groups in total. The molecule has 1 aromatic heterocycles. The molecule has 0 bridgehead atoms. The van der Waals surface area contributed by atoms with Gasteiger partial charge in [0.25, 0.3) is 0 Å². The van der Waals surface area contributed by atoms with Crippen LogP contribution in [0.3, 0.4) is 0 Å². The lowest BCUT2D eigenvalue weighted by Gasteiger charge is -2.02. The number of imidazole rings is 1. The highest BCUT2D eigenvalue weighted by Crippen LogP contribution is 2.29. The summed E-state index contributed by atoms with van der Waals surface area (Å²) < 4.78 is 1.93. The molecule has 19 heavy (non-hydrogen) atoms. The van der Waals surface area contributed by atoms with Gasteiger partial charge < -0.3 is 10.3 Å². The molecule has 0 spiro atoms. The third-order valence-corrected chi connectivity index (χ3v) is 3.22. The fourth-order valence-corrected chi connectivity index (χ4v) is 2.16. The van der Waals surface area contributed by atoms with Gasteiger partial charge in [-0.3, -0.25) is 0 Å². The lowest BCUT2D eigenvalue weighted by Crippen LogP contribution is -1.98. The lowest BCUT2D eigenvalue weighted by molar-refractivity contribution is 0.937. The van der Waals surface area contributed by atoms with E-state index in [9.17, 15) is 0 Å². The molecule has 0 aliphatic rings. The average molecular weight is 249 g/mol. The molecule has 0 aliphatic heterocycles. The van der Waals surface area contributed by atoms with Gasteiger partial charge in [0, 0.05) is 18.2 Å². The summed E-state index contributed by atoms with van der Waals surface area (Å²) in [5, 5.41) is 0. The van der Waals surface area contributed by atoms with Gasteiger partial charge in [-0.1, -0.05) is 60.7 Å². The third-order valence-electron chi connectivity index (χ3n) is 3.22.